The van der Waals surface area contributed by atoms with E-state index in [-0.39, 0.29) is 5.41 Å². The van der Waals surface area contributed by atoms with Crippen molar-refractivity contribution in [1.82, 2.24) is 0 Å². The number of hydrogen-bond donors (Lipinski definition) is 1. The predicted molar refractivity (Wildman–Crippen MR) is 168 cm³/mol. The van der Waals surface area contributed by atoms with E-state index in [9.17, 15) is 0 Å². The zero-order valence-electron chi connectivity index (χ0n) is 21.9. The minimum atomic E-state index is 0.0637. The Labute approximate surface area is 227 Å². The first kappa shape index (κ1) is 23.0. The van der Waals surface area contributed by atoms with E-state index in [1.165, 1.54) is 58.4 Å². The normalized spacial score (nSPS) is 12.1. The largest absolute Gasteiger partial charge is 0.354 e. The molecule has 0 fully saturated rings. The fraction of sp³-hybridized carbons (Fsp3) is 0.111. The Balaban J connectivity index is 1.34. The topological polar surface area (TPSA) is 12.0 Å². The summed E-state index contributed by atoms with van der Waals surface area (Å²) >= 11 is 1.91. The van der Waals surface area contributed by atoms with Crippen LogP contribution in [0.1, 0.15) is 26.3 Å². The molecule has 0 saturated heterocycles. The van der Waals surface area contributed by atoms with Crippen molar-refractivity contribution in [1.29, 1.82) is 0 Å². The van der Waals surface area contributed by atoms with Crippen molar-refractivity contribution in [3.8, 4) is 11.1 Å². The molecule has 0 aliphatic carbocycles. The van der Waals surface area contributed by atoms with E-state index in [4.69, 9.17) is 0 Å². The minimum Gasteiger partial charge on any atom is -0.354 e. The van der Waals surface area contributed by atoms with Gasteiger partial charge in [-0.1, -0.05) is 112 Å². The minimum absolute atomic E-state index is 0.0637. The van der Waals surface area contributed by atoms with Gasteiger partial charge in [-0.2, -0.15) is 0 Å². The summed E-state index contributed by atoms with van der Waals surface area (Å²) in [4.78, 5) is 0. The molecule has 1 N–H and O–H groups in total. The predicted octanol–water partition coefficient (Wildman–Crippen LogP) is 11.1. The fourth-order valence-corrected chi connectivity index (χ4v) is 7.18. The van der Waals surface area contributed by atoms with Crippen LogP contribution in [-0.2, 0) is 5.41 Å². The van der Waals surface area contributed by atoms with Gasteiger partial charge in [0.15, 0.2) is 0 Å². The van der Waals surface area contributed by atoms with Gasteiger partial charge in [-0.05, 0) is 67.9 Å². The van der Waals surface area contributed by atoms with E-state index < -0.39 is 0 Å². The lowest BCUT2D eigenvalue weighted by molar-refractivity contribution is 0.597. The fourth-order valence-electron chi connectivity index (χ4n) is 5.67. The summed E-state index contributed by atoms with van der Waals surface area (Å²) in [6.07, 6.45) is 0. The van der Waals surface area contributed by atoms with Crippen molar-refractivity contribution in [2.24, 2.45) is 0 Å². The molecule has 0 saturated carbocycles. The standard InChI is InChI=1S/C36H29NS/c1-36(2,3)31-22-25-11-5-7-14-29(25)33-30-16-9-17-32(34(30)38-35(31)33)37-26-20-18-24(19-21-26)28-15-8-12-23-10-4-6-13-27(23)28/h4-22,37H,1-3H3. The number of nitrogens with one attached hydrogen (secondary N) is 1. The van der Waals surface area contributed by atoms with Crippen molar-refractivity contribution in [2.75, 3.05) is 5.32 Å². The third-order valence-corrected chi connectivity index (χ3v) is 8.83. The molecule has 1 heterocycles. The van der Waals surface area contributed by atoms with E-state index in [1.807, 2.05) is 11.3 Å². The van der Waals surface area contributed by atoms with Crippen LogP contribution in [0.5, 0.6) is 0 Å². The van der Waals surface area contributed by atoms with Gasteiger partial charge in [-0.3, -0.25) is 0 Å². The summed E-state index contributed by atoms with van der Waals surface area (Å²) in [5.41, 5.74) is 6.23. The molecule has 0 aliphatic rings. The van der Waals surface area contributed by atoms with E-state index in [0.29, 0.717) is 0 Å². The zero-order valence-corrected chi connectivity index (χ0v) is 22.7. The van der Waals surface area contributed by atoms with E-state index in [1.54, 1.807) is 0 Å². The summed E-state index contributed by atoms with van der Waals surface area (Å²) in [6.45, 7) is 6.95. The molecule has 7 aromatic rings. The van der Waals surface area contributed by atoms with Gasteiger partial charge in [0.2, 0.25) is 0 Å². The second-order valence-corrected chi connectivity index (χ2v) is 12.1. The number of benzene rings is 6. The maximum atomic E-state index is 3.74. The molecule has 0 unspecified atom stereocenters. The third-order valence-electron chi connectivity index (χ3n) is 7.56. The van der Waals surface area contributed by atoms with E-state index in [2.05, 4.69) is 141 Å². The Hall–Kier alpha value is -4.14. The summed E-state index contributed by atoms with van der Waals surface area (Å²) in [5.74, 6) is 0. The number of thiophene rings is 1. The van der Waals surface area contributed by atoms with Crippen molar-refractivity contribution >= 4 is 64.4 Å². The van der Waals surface area contributed by atoms with Gasteiger partial charge in [0, 0.05) is 21.2 Å². The van der Waals surface area contributed by atoms with Crippen molar-refractivity contribution in [2.45, 2.75) is 26.2 Å². The number of rotatable bonds is 3. The molecule has 7 rings (SSSR count). The molecule has 6 aromatic carbocycles. The Bertz CT molecular complexity index is 1960. The lowest BCUT2D eigenvalue weighted by atomic mass is 9.84. The molecule has 1 nitrogen and oxygen atoms in total. The maximum Gasteiger partial charge on any atom is 0.0590 e. The van der Waals surface area contributed by atoms with Crippen LogP contribution in [-0.4, -0.2) is 0 Å². The van der Waals surface area contributed by atoms with Crippen LogP contribution in [0.25, 0.3) is 52.8 Å². The van der Waals surface area contributed by atoms with Gasteiger partial charge in [-0.25, -0.2) is 0 Å². The number of anilines is 2. The average molecular weight is 508 g/mol. The monoisotopic (exact) mass is 507 g/mol. The molecule has 38 heavy (non-hydrogen) atoms. The van der Waals surface area contributed by atoms with Gasteiger partial charge >= 0.3 is 0 Å². The van der Waals surface area contributed by atoms with E-state index in [0.717, 1.165) is 11.4 Å². The molecule has 0 radical (unpaired) electrons. The van der Waals surface area contributed by atoms with Gasteiger partial charge in [0.1, 0.15) is 0 Å². The first-order valence-corrected chi connectivity index (χ1v) is 14.0. The third kappa shape index (κ3) is 3.76. The molecule has 2 heteroatoms. The zero-order chi connectivity index (χ0) is 25.9. The van der Waals surface area contributed by atoms with Crippen LogP contribution >= 0.6 is 11.3 Å². The quantitative estimate of drug-likeness (QED) is 0.251. The van der Waals surface area contributed by atoms with Crippen LogP contribution in [0.3, 0.4) is 0 Å². The lowest BCUT2D eigenvalue weighted by Crippen LogP contribution is -2.11. The highest BCUT2D eigenvalue weighted by molar-refractivity contribution is 7.26. The summed E-state index contributed by atoms with van der Waals surface area (Å²) in [5, 5.41) is 11.6. The van der Waals surface area contributed by atoms with Crippen LogP contribution < -0.4 is 5.32 Å². The Morgan fingerprint density at radius 1 is 0.579 bits per heavy atom. The van der Waals surface area contributed by atoms with Crippen LogP contribution in [0, 0.1) is 0 Å². The molecule has 0 aliphatic heterocycles. The second kappa shape index (κ2) is 8.72. The van der Waals surface area contributed by atoms with Crippen molar-refractivity contribution in [3.63, 3.8) is 0 Å². The van der Waals surface area contributed by atoms with Crippen molar-refractivity contribution in [3.05, 3.63) is 121 Å². The molecule has 1 aromatic heterocycles. The average Bonchev–Trinajstić information content (AvgIpc) is 3.33. The highest BCUT2D eigenvalue weighted by atomic mass is 32.1. The van der Waals surface area contributed by atoms with Gasteiger partial charge in [0.05, 0.1) is 10.4 Å². The van der Waals surface area contributed by atoms with Gasteiger partial charge < -0.3 is 5.32 Å². The highest BCUT2D eigenvalue weighted by Gasteiger charge is 2.22. The molecular formula is C36H29NS. The summed E-state index contributed by atoms with van der Waals surface area (Å²) in [6, 6.07) is 41.8. The van der Waals surface area contributed by atoms with Crippen LogP contribution in [0.15, 0.2) is 115 Å². The smallest absolute Gasteiger partial charge is 0.0590 e. The molecule has 0 amide bonds. The van der Waals surface area contributed by atoms with Crippen molar-refractivity contribution < 1.29 is 0 Å². The van der Waals surface area contributed by atoms with Crippen LogP contribution in [0.4, 0.5) is 11.4 Å². The number of hydrogen-bond acceptors (Lipinski definition) is 2. The van der Waals surface area contributed by atoms with Crippen LogP contribution in [0.2, 0.25) is 0 Å². The molecule has 0 bridgehead atoms. The molecule has 0 spiro atoms. The molecule has 184 valence electrons. The first-order chi connectivity index (χ1) is 18.5. The Morgan fingerprint density at radius 3 is 2.03 bits per heavy atom. The SMILES string of the molecule is CC(C)(C)c1cc2ccccc2c2c1sc1c(Nc3ccc(-c4cccc5ccccc45)cc3)cccc12. The summed E-state index contributed by atoms with van der Waals surface area (Å²) < 4.78 is 2.70. The summed E-state index contributed by atoms with van der Waals surface area (Å²) in [7, 11) is 0. The number of fused-ring (bicyclic) bond motifs is 6. The molecule has 0 atom stereocenters. The maximum absolute atomic E-state index is 3.74. The Morgan fingerprint density at radius 2 is 1.24 bits per heavy atom. The van der Waals surface area contributed by atoms with Gasteiger partial charge in [0.25, 0.3) is 0 Å². The van der Waals surface area contributed by atoms with E-state index >= 15 is 0 Å². The molecular weight excluding hydrogens is 478 g/mol. The first-order valence-electron chi connectivity index (χ1n) is 13.2. The lowest BCUT2D eigenvalue weighted by Gasteiger charge is -2.21. The second-order valence-electron chi connectivity index (χ2n) is 11.1. The Kier molecular flexibility index (Phi) is 5.28. The highest BCUT2D eigenvalue weighted by Crippen LogP contribution is 2.46. The van der Waals surface area contributed by atoms with Gasteiger partial charge in [-0.15, -0.1) is 11.3 Å².